The zero-order chi connectivity index (χ0) is 24.7. The first-order chi connectivity index (χ1) is 14.6. The molecule has 10 nitrogen and oxygen atoms in total. The molecule has 6 N–H and O–H groups in total. The lowest BCUT2D eigenvalue weighted by Crippen LogP contribution is -2.38. The molecule has 0 aromatic rings. The fourth-order valence-corrected chi connectivity index (χ4v) is 3.69. The van der Waals surface area contributed by atoms with Gasteiger partial charge in [0, 0.05) is 23.9 Å². The fraction of sp³-hybridized carbons (Fsp3) is 0.818. The summed E-state index contributed by atoms with van der Waals surface area (Å²) in [5.41, 5.74) is 9.43. The van der Waals surface area contributed by atoms with Crippen molar-refractivity contribution in [2.45, 2.75) is 103 Å². The Hall–Kier alpha value is -2.52. The van der Waals surface area contributed by atoms with E-state index in [0.29, 0.717) is 12.8 Å². The number of nitrogens with one attached hydrogen (secondary N) is 2. The van der Waals surface area contributed by atoms with Gasteiger partial charge in [0.25, 0.3) is 0 Å². The molecule has 2 rings (SSSR count). The van der Waals surface area contributed by atoms with Crippen LogP contribution < -0.4 is 22.1 Å². The summed E-state index contributed by atoms with van der Waals surface area (Å²) in [5.74, 6) is -0.790. The Bertz CT molecular complexity index is 625. The quantitative estimate of drug-likeness (QED) is 0.507. The SMILES string of the molecule is CC(C)(C)OC(=O)N[C@@H]1CC[C@H](C(N)=O)C1.CC(C)(C)OC(=O)N[C@H]1CC[C@@H](C(N)=O)C1. The average Bonchev–Trinajstić information content (AvgIpc) is 3.21. The third kappa shape index (κ3) is 11.2. The molecule has 0 heterocycles. The van der Waals surface area contributed by atoms with Gasteiger partial charge in [0.15, 0.2) is 0 Å². The maximum absolute atomic E-state index is 11.4. The Labute approximate surface area is 190 Å². The third-order valence-electron chi connectivity index (χ3n) is 5.11. The highest BCUT2D eigenvalue weighted by Crippen LogP contribution is 2.26. The summed E-state index contributed by atoms with van der Waals surface area (Å²) < 4.78 is 10.3. The molecule has 184 valence electrons. The normalized spacial score (nSPS) is 25.2. The van der Waals surface area contributed by atoms with Gasteiger partial charge in [-0.15, -0.1) is 0 Å². The third-order valence-corrected chi connectivity index (χ3v) is 5.11. The van der Waals surface area contributed by atoms with Crippen LogP contribution in [-0.4, -0.2) is 47.3 Å². The second-order valence-corrected chi connectivity index (χ2v) is 10.5. The summed E-state index contributed by atoms with van der Waals surface area (Å²) in [4.78, 5) is 44.8. The predicted molar refractivity (Wildman–Crippen MR) is 119 cm³/mol. The Kier molecular flexibility index (Phi) is 9.78. The Morgan fingerprint density at radius 3 is 1.19 bits per heavy atom. The van der Waals surface area contributed by atoms with Gasteiger partial charge in [0.05, 0.1) is 0 Å². The molecule has 2 saturated carbocycles. The number of hydrogen-bond acceptors (Lipinski definition) is 6. The highest BCUT2D eigenvalue weighted by molar-refractivity contribution is 5.77. The van der Waals surface area contributed by atoms with E-state index in [9.17, 15) is 19.2 Å². The molecule has 0 aromatic heterocycles. The Morgan fingerprint density at radius 2 is 0.969 bits per heavy atom. The maximum atomic E-state index is 11.4. The van der Waals surface area contributed by atoms with Crippen LogP contribution in [0.3, 0.4) is 0 Å². The van der Waals surface area contributed by atoms with Gasteiger partial charge in [-0.05, 0) is 80.1 Å². The number of alkyl carbamates (subject to hydrolysis) is 2. The minimum Gasteiger partial charge on any atom is -0.444 e. The number of hydrogen-bond donors (Lipinski definition) is 4. The van der Waals surface area contributed by atoms with E-state index in [1.807, 2.05) is 41.5 Å². The van der Waals surface area contributed by atoms with Crippen molar-refractivity contribution in [3.8, 4) is 0 Å². The first-order valence-corrected chi connectivity index (χ1v) is 11.1. The molecule has 2 aliphatic carbocycles. The van der Waals surface area contributed by atoms with Gasteiger partial charge in [0.2, 0.25) is 11.8 Å². The monoisotopic (exact) mass is 456 g/mol. The van der Waals surface area contributed by atoms with Crippen molar-refractivity contribution in [3.63, 3.8) is 0 Å². The molecule has 0 spiro atoms. The number of carbonyl (C=O) groups excluding carboxylic acids is 4. The van der Waals surface area contributed by atoms with Crippen molar-refractivity contribution >= 4 is 24.0 Å². The smallest absolute Gasteiger partial charge is 0.407 e. The molecule has 10 heteroatoms. The van der Waals surface area contributed by atoms with Crippen molar-refractivity contribution in [2.75, 3.05) is 0 Å². The van der Waals surface area contributed by atoms with Crippen molar-refractivity contribution in [1.29, 1.82) is 0 Å². The molecule has 0 bridgehead atoms. The second kappa shape index (κ2) is 11.4. The predicted octanol–water partition coefficient (Wildman–Crippen LogP) is 2.33. The highest BCUT2D eigenvalue weighted by atomic mass is 16.6. The van der Waals surface area contributed by atoms with Gasteiger partial charge in [0.1, 0.15) is 11.2 Å². The zero-order valence-corrected chi connectivity index (χ0v) is 20.2. The van der Waals surface area contributed by atoms with E-state index in [4.69, 9.17) is 20.9 Å². The van der Waals surface area contributed by atoms with Crippen LogP contribution in [0.25, 0.3) is 0 Å². The molecule has 0 radical (unpaired) electrons. The highest BCUT2D eigenvalue weighted by Gasteiger charge is 2.31. The topological polar surface area (TPSA) is 163 Å². The molecule has 2 fully saturated rings. The van der Waals surface area contributed by atoms with Crippen molar-refractivity contribution in [2.24, 2.45) is 23.3 Å². The molecule has 0 unspecified atom stereocenters. The molecule has 4 atom stereocenters. The number of carbonyl (C=O) groups is 4. The van der Waals surface area contributed by atoms with Gasteiger partial charge < -0.3 is 31.6 Å². The number of rotatable bonds is 4. The van der Waals surface area contributed by atoms with Crippen LogP contribution in [-0.2, 0) is 19.1 Å². The summed E-state index contributed by atoms with van der Waals surface area (Å²) >= 11 is 0. The van der Waals surface area contributed by atoms with Gasteiger partial charge in [-0.25, -0.2) is 9.59 Å². The second-order valence-electron chi connectivity index (χ2n) is 10.5. The van der Waals surface area contributed by atoms with E-state index in [1.165, 1.54) is 0 Å². The number of nitrogens with two attached hydrogens (primary N) is 2. The summed E-state index contributed by atoms with van der Waals surface area (Å²) in [5, 5.41) is 5.50. The van der Waals surface area contributed by atoms with Gasteiger partial charge in [-0.3, -0.25) is 9.59 Å². The number of amides is 4. The van der Waals surface area contributed by atoms with E-state index in [-0.39, 0.29) is 35.7 Å². The van der Waals surface area contributed by atoms with Crippen LogP contribution in [0.4, 0.5) is 9.59 Å². The van der Waals surface area contributed by atoms with Crippen LogP contribution in [0.5, 0.6) is 0 Å². The molecular weight excluding hydrogens is 416 g/mol. The Morgan fingerprint density at radius 1 is 0.656 bits per heavy atom. The standard InChI is InChI=1S/2C11H20N2O3/c2*1-11(2,3)16-10(15)13-8-5-4-7(6-8)9(12)14/h2*7-8H,4-6H2,1-3H3,(H2,12,14)(H,13,15)/t2*7-,8+/m10/s1. The van der Waals surface area contributed by atoms with Gasteiger partial charge >= 0.3 is 12.2 Å². The first kappa shape index (κ1) is 27.5. The zero-order valence-electron chi connectivity index (χ0n) is 20.2. The average molecular weight is 457 g/mol. The maximum Gasteiger partial charge on any atom is 0.407 e. The molecule has 0 aromatic carbocycles. The summed E-state index contributed by atoms with van der Waals surface area (Å²) in [6.07, 6.45) is 3.44. The first-order valence-electron chi connectivity index (χ1n) is 11.1. The molecule has 0 saturated heterocycles. The van der Waals surface area contributed by atoms with E-state index in [1.54, 1.807) is 0 Å². The van der Waals surface area contributed by atoms with E-state index in [2.05, 4.69) is 10.6 Å². The number of ether oxygens (including phenoxy) is 2. The van der Waals surface area contributed by atoms with Crippen molar-refractivity contribution in [3.05, 3.63) is 0 Å². The molecular formula is C22H40N4O6. The van der Waals surface area contributed by atoms with Crippen molar-refractivity contribution in [1.82, 2.24) is 10.6 Å². The molecule has 32 heavy (non-hydrogen) atoms. The van der Waals surface area contributed by atoms with Crippen molar-refractivity contribution < 1.29 is 28.7 Å². The molecule has 2 aliphatic rings. The fourth-order valence-electron chi connectivity index (χ4n) is 3.69. The number of primary amides is 2. The van der Waals surface area contributed by atoms with Gasteiger partial charge in [-0.1, -0.05) is 0 Å². The largest absolute Gasteiger partial charge is 0.444 e. The molecule has 4 amide bonds. The lowest BCUT2D eigenvalue weighted by atomic mass is 10.1. The van der Waals surface area contributed by atoms with E-state index < -0.39 is 23.4 Å². The summed E-state index contributed by atoms with van der Waals surface area (Å²) in [6, 6.07) is 0.0136. The van der Waals surface area contributed by atoms with Crippen LogP contribution in [0.2, 0.25) is 0 Å². The summed E-state index contributed by atoms with van der Waals surface area (Å²) in [7, 11) is 0. The van der Waals surface area contributed by atoms with Crippen LogP contribution in [0.15, 0.2) is 0 Å². The lowest BCUT2D eigenvalue weighted by Gasteiger charge is -2.21. The van der Waals surface area contributed by atoms with Crippen LogP contribution in [0.1, 0.15) is 80.1 Å². The Balaban J connectivity index is 0.000000320. The van der Waals surface area contributed by atoms with Crippen LogP contribution in [0, 0.1) is 11.8 Å². The lowest BCUT2D eigenvalue weighted by molar-refractivity contribution is -0.122. The molecule has 0 aliphatic heterocycles. The van der Waals surface area contributed by atoms with E-state index >= 15 is 0 Å². The minimum atomic E-state index is -0.494. The minimum absolute atomic E-state index is 0.00681. The van der Waals surface area contributed by atoms with E-state index in [0.717, 1.165) is 25.7 Å². The summed E-state index contributed by atoms with van der Waals surface area (Å²) in [6.45, 7) is 10.9. The van der Waals surface area contributed by atoms with Crippen LogP contribution >= 0.6 is 0 Å². The van der Waals surface area contributed by atoms with Gasteiger partial charge in [-0.2, -0.15) is 0 Å².